The van der Waals surface area contributed by atoms with E-state index in [-0.39, 0.29) is 12.0 Å². The molecule has 1 atom stereocenters. The lowest BCUT2D eigenvalue weighted by atomic mass is 10.2. The Morgan fingerprint density at radius 1 is 1.19 bits per heavy atom. The number of thioether (sulfide) groups is 1. The molecule has 5 nitrogen and oxygen atoms in total. The first-order chi connectivity index (χ1) is 13.0. The third kappa shape index (κ3) is 4.22. The Morgan fingerprint density at radius 3 is 2.81 bits per heavy atom. The van der Waals surface area contributed by atoms with Crippen LogP contribution in [0.15, 0.2) is 47.4 Å². The fourth-order valence-corrected chi connectivity index (χ4v) is 4.36. The summed E-state index contributed by atoms with van der Waals surface area (Å²) in [6.07, 6.45) is 2.49. The van der Waals surface area contributed by atoms with Crippen LogP contribution in [0.25, 0.3) is 0 Å². The Hall–Kier alpha value is -2.18. The largest absolute Gasteiger partial charge is 0.449 e. The minimum absolute atomic E-state index is 0.136. The van der Waals surface area contributed by atoms with E-state index >= 15 is 0 Å². The molecular formula is C21H23NO4S. The van der Waals surface area contributed by atoms with Crippen molar-refractivity contribution < 1.29 is 19.0 Å². The molecule has 1 amide bonds. The van der Waals surface area contributed by atoms with E-state index in [9.17, 15) is 4.79 Å². The Balaban J connectivity index is 1.46. The molecule has 142 valence electrons. The molecule has 0 aromatic heterocycles. The second-order valence-corrected chi connectivity index (χ2v) is 8.22. The smallest absolute Gasteiger partial charge is 0.256 e. The molecule has 0 bridgehead atoms. The minimum Gasteiger partial charge on any atom is -0.449 e. The maximum absolute atomic E-state index is 12.8. The first-order valence-corrected chi connectivity index (χ1v) is 10.2. The van der Waals surface area contributed by atoms with Crippen LogP contribution in [0.2, 0.25) is 0 Å². The number of hydrogen-bond acceptors (Lipinski definition) is 5. The van der Waals surface area contributed by atoms with Crippen LogP contribution in [0.3, 0.4) is 0 Å². The zero-order valence-corrected chi connectivity index (χ0v) is 16.3. The van der Waals surface area contributed by atoms with Crippen LogP contribution in [0.4, 0.5) is 5.69 Å². The molecule has 2 aliphatic heterocycles. The molecule has 6 heteroatoms. The minimum atomic E-state index is -0.684. The molecule has 1 N–H and O–H groups in total. The van der Waals surface area contributed by atoms with Gasteiger partial charge in [-0.2, -0.15) is 0 Å². The second-order valence-electron chi connectivity index (χ2n) is 7.16. The van der Waals surface area contributed by atoms with E-state index in [0.29, 0.717) is 22.7 Å². The van der Waals surface area contributed by atoms with Crippen LogP contribution in [-0.2, 0) is 4.74 Å². The second kappa shape index (κ2) is 7.44. The Morgan fingerprint density at radius 2 is 2.00 bits per heavy atom. The van der Waals surface area contributed by atoms with Gasteiger partial charge >= 0.3 is 0 Å². The number of amides is 1. The third-order valence-electron chi connectivity index (χ3n) is 4.49. The van der Waals surface area contributed by atoms with Crippen molar-refractivity contribution in [2.24, 2.45) is 0 Å². The van der Waals surface area contributed by atoms with E-state index in [4.69, 9.17) is 14.2 Å². The first kappa shape index (κ1) is 18.2. The summed E-state index contributed by atoms with van der Waals surface area (Å²) in [6.45, 7) is 4.55. The highest BCUT2D eigenvalue weighted by molar-refractivity contribution is 7.99. The molecule has 0 aliphatic carbocycles. The average molecular weight is 385 g/mol. The SMILES string of the molecule is CC1(C)Oc2ccc(NC(=O)c3ccccc3SCC3CCCO3)cc2O1. The van der Waals surface area contributed by atoms with Crippen LogP contribution < -0.4 is 14.8 Å². The number of nitrogens with one attached hydrogen (secondary N) is 1. The van der Waals surface area contributed by atoms with Gasteiger partial charge in [-0.25, -0.2) is 0 Å². The number of fused-ring (bicyclic) bond motifs is 1. The summed E-state index contributed by atoms with van der Waals surface area (Å²) in [5, 5.41) is 2.96. The summed E-state index contributed by atoms with van der Waals surface area (Å²) in [4.78, 5) is 13.8. The average Bonchev–Trinajstić information content (AvgIpc) is 3.25. The van der Waals surface area contributed by atoms with E-state index in [2.05, 4.69) is 5.32 Å². The van der Waals surface area contributed by atoms with Gasteiger partial charge in [0.05, 0.1) is 11.7 Å². The first-order valence-electron chi connectivity index (χ1n) is 9.17. The number of hydrogen-bond donors (Lipinski definition) is 1. The molecule has 4 rings (SSSR count). The van der Waals surface area contributed by atoms with E-state index in [1.165, 1.54) is 0 Å². The molecule has 27 heavy (non-hydrogen) atoms. The summed E-state index contributed by atoms with van der Waals surface area (Å²) in [7, 11) is 0. The maximum Gasteiger partial charge on any atom is 0.256 e. The van der Waals surface area contributed by atoms with Gasteiger partial charge in [0.1, 0.15) is 0 Å². The summed E-state index contributed by atoms with van der Waals surface area (Å²) in [5.41, 5.74) is 1.34. The lowest BCUT2D eigenvalue weighted by Crippen LogP contribution is -2.29. The number of benzene rings is 2. The predicted molar refractivity (Wildman–Crippen MR) is 106 cm³/mol. The fraction of sp³-hybridized carbons (Fsp3) is 0.381. The molecule has 2 heterocycles. The van der Waals surface area contributed by atoms with E-state index in [1.54, 1.807) is 17.8 Å². The van der Waals surface area contributed by atoms with Crippen molar-refractivity contribution in [1.29, 1.82) is 0 Å². The van der Waals surface area contributed by atoms with Gasteiger partial charge in [-0.3, -0.25) is 4.79 Å². The molecule has 2 aromatic carbocycles. The molecule has 1 unspecified atom stereocenters. The van der Waals surface area contributed by atoms with Crippen molar-refractivity contribution in [2.45, 2.75) is 43.5 Å². The number of ether oxygens (including phenoxy) is 3. The van der Waals surface area contributed by atoms with Crippen LogP contribution in [-0.4, -0.2) is 30.2 Å². The van der Waals surface area contributed by atoms with E-state index in [0.717, 1.165) is 30.1 Å². The molecule has 0 radical (unpaired) electrons. The monoisotopic (exact) mass is 385 g/mol. The summed E-state index contributed by atoms with van der Waals surface area (Å²) in [6, 6.07) is 13.1. The van der Waals surface area contributed by atoms with Gasteiger partial charge in [0.2, 0.25) is 5.79 Å². The molecule has 1 fully saturated rings. The summed E-state index contributed by atoms with van der Waals surface area (Å²) in [5.74, 6) is 1.37. The highest BCUT2D eigenvalue weighted by Crippen LogP contribution is 2.40. The van der Waals surface area contributed by atoms with Crippen LogP contribution >= 0.6 is 11.8 Å². The number of rotatable bonds is 5. The molecular weight excluding hydrogens is 362 g/mol. The van der Waals surface area contributed by atoms with Crippen molar-refractivity contribution in [1.82, 2.24) is 0 Å². The summed E-state index contributed by atoms with van der Waals surface area (Å²) < 4.78 is 17.1. The van der Waals surface area contributed by atoms with Crippen molar-refractivity contribution in [3.05, 3.63) is 48.0 Å². The normalized spacial score (nSPS) is 19.9. The van der Waals surface area contributed by atoms with Crippen LogP contribution in [0.5, 0.6) is 11.5 Å². The van der Waals surface area contributed by atoms with Crippen molar-refractivity contribution in [3.63, 3.8) is 0 Å². The van der Waals surface area contributed by atoms with Gasteiger partial charge in [0, 0.05) is 42.9 Å². The Labute approximate surface area is 163 Å². The summed E-state index contributed by atoms with van der Waals surface area (Å²) >= 11 is 1.67. The standard InChI is InChI=1S/C21H23NO4S/c1-21(2)25-17-10-9-14(12-18(17)26-21)22-20(23)16-7-3-4-8-19(16)27-13-15-6-5-11-24-15/h3-4,7-10,12,15H,5-6,11,13H2,1-2H3,(H,22,23). The van der Waals surface area contributed by atoms with Crippen molar-refractivity contribution >= 4 is 23.4 Å². The Kier molecular flexibility index (Phi) is 5.02. The molecule has 2 aliphatic rings. The zero-order valence-electron chi connectivity index (χ0n) is 15.5. The number of carbonyl (C=O) groups excluding carboxylic acids is 1. The van der Waals surface area contributed by atoms with Gasteiger partial charge in [-0.05, 0) is 37.1 Å². The van der Waals surface area contributed by atoms with Gasteiger partial charge in [-0.1, -0.05) is 12.1 Å². The van der Waals surface area contributed by atoms with Gasteiger partial charge in [0.25, 0.3) is 5.91 Å². The fourth-order valence-electron chi connectivity index (χ4n) is 3.24. The highest BCUT2D eigenvalue weighted by Gasteiger charge is 2.31. The highest BCUT2D eigenvalue weighted by atomic mass is 32.2. The number of anilines is 1. The maximum atomic E-state index is 12.8. The predicted octanol–water partition coefficient (Wildman–Crippen LogP) is 4.72. The topological polar surface area (TPSA) is 56.8 Å². The van der Waals surface area contributed by atoms with E-state index < -0.39 is 5.79 Å². The molecule has 1 saturated heterocycles. The van der Waals surface area contributed by atoms with Crippen LogP contribution in [0.1, 0.15) is 37.0 Å². The van der Waals surface area contributed by atoms with Crippen LogP contribution in [0, 0.1) is 0 Å². The van der Waals surface area contributed by atoms with Gasteiger partial charge in [0.15, 0.2) is 11.5 Å². The van der Waals surface area contributed by atoms with E-state index in [1.807, 2.05) is 50.2 Å². The Bertz CT molecular complexity index is 846. The lowest BCUT2D eigenvalue weighted by molar-refractivity contribution is -0.0431. The molecule has 2 aromatic rings. The number of carbonyl (C=O) groups is 1. The van der Waals surface area contributed by atoms with Gasteiger partial charge < -0.3 is 19.5 Å². The third-order valence-corrected chi connectivity index (χ3v) is 5.70. The quantitative estimate of drug-likeness (QED) is 0.755. The van der Waals surface area contributed by atoms with Crippen molar-refractivity contribution in [3.8, 4) is 11.5 Å². The zero-order chi connectivity index (χ0) is 18.9. The van der Waals surface area contributed by atoms with Crippen molar-refractivity contribution in [2.75, 3.05) is 17.7 Å². The lowest BCUT2D eigenvalue weighted by Gasteiger charge is -2.16. The van der Waals surface area contributed by atoms with Gasteiger partial charge in [-0.15, -0.1) is 11.8 Å². The molecule has 0 saturated carbocycles. The molecule has 0 spiro atoms.